The lowest BCUT2D eigenvalue weighted by Gasteiger charge is -2.00. The van der Waals surface area contributed by atoms with Crippen LogP contribution < -0.4 is 0 Å². The zero-order valence-corrected chi connectivity index (χ0v) is 15.2. The zero-order chi connectivity index (χ0) is 18.2. The van der Waals surface area contributed by atoms with Crippen molar-refractivity contribution in [2.24, 2.45) is 5.92 Å². The van der Waals surface area contributed by atoms with Gasteiger partial charge in [-0.2, -0.15) is 0 Å². The Morgan fingerprint density at radius 1 is 1.12 bits per heavy atom. The molecule has 0 aromatic rings. The number of aliphatic hydroxyl groups excluding tert-OH is 2. The molecule has 24 heavy (non-hydrogen) atoms. The molecule has 0 aliphatic carbocycles. The van der Waals surface area contributed by atoms with Crippen LogP contribution >= 0.6 is 0 Å². The second-order valence-electron chi connectivity index (χ2n) is 6.33. The van der Waals surface area contributed by atoms with E-state index in [0.29, 0.717) is 0 Å². The van der Waals surface area contributed by atoms with Gasteiger partial charge < -0.3 is 14.9 Å². The molecule has 0 bridgehead atoms. The summed E-state index contributed by atoms with van der Waals surface area (Å²) >= 11 is 0. The van der Waals surface area contributed by atoms with E-state index in [4.69, 9.17) is 10.2 Å². The molecule has 2 unspecified atom stereocenters. The largest absolute Gasteiger partial charge is 0.394 e. The molecular formula is C19H34O5. The van der Waals surface area contributed by atoms with Crippen molar-refractivity contribution in [1.82, 2.24) is 0 Å². The highest BCUT2D eigenvalue weighted by Gasteiger charge is 2.30. The minimum atomic E-state index is -0.560. The topological polar surface area (TPSA) is 83.8 Å². The van der Waals surface area contributed by atoms with E-state index in [9.17, 15) is 9.59 Å². The third-order valence-electron chi connectivity index (χ3n) is 3.76. The minimum absolute atomic E-state index is 0.139. The van der Waals surface area contributed by atoms with Gasteiger partial charge in [0.05, 0.1) is 25.0 Å². The quantitative estimate of drug-likeness (QED) is 0.260. The smallest absolute Gasteiger partial charge is 0.321 e. The Kier molecular flexibility index (Phi) is 14.6. The summed E-state index contributed by atoms with van der Waals surface area (Å²) in [4.78, 5) is 22.1. The number of ether oxygens (including phenoxy) is 1. The number of hydrogen-bond donors (Lipinski definition) is 2. The lowest BCUT2D eigenvalue weighted by atomic mass is 10.0. The number of carbonyl (C=O) groups excluding carboxylic acids is 2. The molecule has 0 radical (unpaired) electrons. The number of allylic oxidation sites excluding steroid dienone is 1. The maximum Gasteiger partial charge on any atom is 0.321 e. The van der Waals surface area contributed by atoms with Gasteiger partial charge in [-0.05, 0) is 19.8 Å². The first kappa shape index (κ1) is 22.8. The predicted molar refractivity (Wildman–Crippen MR) is 94.3 cm³/mol. The van der Waals surface area contributed by atoms with Crippen molar-refractivity contribution in [3.8, 4) is 0 Å². The molecular weight excluding hydrogens is 308 g/mol. The molecule has 0 amide bonds. The number of cyclic esters (lactones) is 2. The van der Waals surface area contributed by atoms with E-state index >= 15 is 0 Å². The van der Waals surface area contributed by atoms with E-state index in [2.05, 4.69) is 11.7 Å². The first-order valence-electron chi connectivity index (χ1n) is 9.21. The molecule has 140 valence electrons. The van der Waals surface area contributed by atoms with Crippen LogP contribution in [0.15, 0.2) is 12.2 Å². The van der Waals surface area contributed by atoms with Crippen molar-refractivity contribution in [2.45, 2.75) is 84.2 Å². The maximum atomic E-state index is 11.2. The monoisotopic (exact) mass is 342 g/mol. The Morgan fingerprint density at radius 3 is 2.12 bits per heavy atom. The first-order chi connectivity index (χ1) is 11.5. The first-order valence-corrected chi connectivity index (χ1v) is 9.21. The van der Waals surface area contributed by atoms with Crippen LogP contribution in [0.4, 0.5) is 0 Å². The van der Waals surface area contributed by atoms with E-state index in [-0.39, 0.29) is 18.9 Å². The fourth-order valence-corrected chi connectivity index (χ4v) is 2.30. The van der Waals surface area contributed by atoms with Gasteiger partial charge in [-0.1, -0.05) is 64.0 Å². The molecule has 1 aliphatic heterocycles. The van der Waals surface area contributed by atoms with E-state index in [0.717, 1.165) is 6.42 Å². The van der Waals surface area contributed by atoms with Gasteiger partial charge in [0.15, 0.2) is 0 Å². The van der Waals surface area contributed by atoms with Crippen LogP contribution in [0.3, 0.4) is 0 Å². The molecule has 5 nitrogen and oxygen atoms in total. The number of rotatable bonds is 11. The molecule has 1 aliphatic rings. The molecule has 5 heteroatoms. The fraction of sp³-hybridized carbons (Fsp3) is 0.789. The lowest BCUT2D eigenvalue weighted by molar-refractivity contribution is -0.152. The molecule has 1 rings (SSSR count). The molecule has 2 atom stereocenters. The third-order valence-corrected chi connectivity index (χ3v) is 3.76. The van der Waals surface area contributed by atoms with Crippen molar-refractivity contribution in [3.05, 3.63) is 12.2 Å². The molecule has 0 spiro atoms. The van der Waals surface area contributed by atoms with Crippen molar-refractivity contribution in [2.75, 3.05) is 6.61 Å². The molecule has 2 N–H and O–H groups in total. The predicted octanol–water partition coefficient (Wildman–Crippen LogP) is 3.52. The number of unbranched alkanes of at least 4 members (excludes halogenated alkanes) is 8. The molecule has 1 fully saturated rings. The summed E-state index contributed by atoms with van der Waals surface area (Å²) in [5.74, 6) is -1.12. The second-order valence-corrected chi connectivity index (χ2v) is 6.33. The Morgan fingerprint density at radius 2 is 1.67 bits per heavy atom. The number of carbonyl (C=O) groups is 2. The molecule has 0 saturated carbocycles. The highest BCUT2D eigenvalue weighted by molar-refractivity contribution is 5.95. The fourth-order valence-electron chi connectivity index (χ4n) is 2.30. The Hall–Kier alpha value is -1.20. The number of esters is 2. The summed E-state index contributed by atoms with van der Waals surface area (Å²) in [6.45, 7) is 3.63. The Bertz CT molecular complexity index is 363. The average molecular weight is 342 g/mol. The van der Waals surface area contributed by atoms with Crippen LogP contribution in [0.5, 0.6) is 0 Å². The van der Waals surface area contributed by atoms with E-state index < -0.39 is 18.0 Å². The van der Waals surface area contributed by atoms with Crippen molar-refractivity contribution in [1.29, 1.82) is 0 Å². The summed E-state index contributed by atoms with van der Waals surface area (Å²) in [6, 6.07) is 0. The summed E-state index contributed by atoms with van der Waals surface area (Å²) in [5, 5.41) is 16.0. The van der Waals surface area contributed by atoms with E-state index in [1.807, 2.05) is 12.2 Å². The van der Waals surface area contributed by atoms with Gasteiger partial charge in [0.1, 0.15) is 0 Å². The highest BCUT2D eigenvalue weighted by Crippen LogP contribution is 2.17. The molecule has 1 saturated heterocycles. The van der Waals surface area contributed by atoms with E-state index in [1.54, 1.807) is 0 Å². The molecule has 1 heterocycles. The zero-order valence-electron chi connectivity index (χ0n) is 15.2. The van der Waals surface area contributed by atoms with Gasteiger partial charge in [0.2, 0.25) is 0 Å². The van der Waals surface area contributed by atoms with Gasteiger partial charge in [-0.15, -0.1) is 0 Å². The van der Waals surface area contributed by atoms with Crippen molar-refractivity contribution < 1.29 is 24.5 Å². The van der Waals surface area contributed by atoms with E-state index in [1.165, 1.54) is 58.3 Å². The Balaban J connectivity index is 0.000000922. The summed E-state index contributed by atoms with van der Waals surface area (Å²) in [6.07, 6.45) is 15.0. The highest BCUT2D eigenvalue weighted by atomic mass is 16.6. The standard InChI is InChI=1S/C16H26O3.C3H8O2/c1-2-3-4-5-6-7-8-9-10-11-12-14-13-15(17)19-16(14)18;1-3(5)2-4/h11-12,14H,2-10,13H2,1H3;3-5H,2H2,1H3. The van der Waals surface area contributed by atoms with Crippen LogP contribution in [0, 0.1) is 5.92 Å². The van der Waals surface area contributed by atoms with Gasteiger partial charge in [-0.25, -0.2) is 0 Å². The van der Waals surface area contributed by atoms with Gasteiger partial charge >= 0.3 is 11.9 Å². The third kappa shape index (κ3) is 13.3. The SMILES string of the molecule is CC(O)CO.CCCCCCCCCCC=CC1CC(=O)OC1=O. The van der Waals surface area contributed by atoms with Crippen LogP contribution in [0.1, 0.15) is 78.1 Å². The van der Waals surface area contributed by atoms with Crippen LogP contribution in [0.2, 0.25) is 0 Å². The van der Waals surface area contributed by atoms with Crippen molar-refractivity contribution >= 4 is 11.9 Å². The van der Waals surface area contributed by atoms with Crippen LogP contribution in [-0.2, 0) is 14.3 Å². The van der Waals surface area contributed by atoms with Crippen molar-refractivity contribution in [3.63, 3.8) is 0 Å². The maximum absolute atomic E-state index is 11.2. The summed E-state index contributed by atoms with van der Waals surface area (Å²) in [7, 11) is 0. The molecule has 0 aromatic heterocycles. The molecule has 0 aromatic carbocycles. The van der Waals surface area contributed by atoms with Gasteiger partial charge in [0, 0.05) is 0 Å². The van der Waals surface area contributed by atoms with Gasteiger partial charge in [0.25, 0.3) is 0 Å². The number of aliphatic hydroxyl groups is 2. The average Bonchev–Trinajstić information content (AvgIpc) is 2.87. The normalized spacial score (nSPS) is 18.4. The number of hydrogen-bond acceptors (Lipinski definition) is 5. The summed E-state index contributed by atoms with van der Waals surface area (Å²) < 4.78 is 4.49. The van der Waals surface area contributed by atoms with Gasteiger partial charge in [-0.3, -0.25) is 9.59 Å². The Labute approximate surface area is 146 Å². The summed E-state index contributed by atoms with van der Waals surface area (Å²) in [5.41, 5.74) is 0. The minimum Gasteiger partial charge on any atom is -0.394 e. The second kappa shape index (κ2) is 15.3. The van der Waals surface area contributed by atoms with Crippen LogP contribution in [-0.4, -0.2) is 34.9 Å². The lowest BCUT2D eigenvalue weighted by Crippen LogP contribution is -2.03. The van der Waals surface area contributed by atoms with Crippen LogP contribution in [0.25, 0.3) is 0 Å².